The first-order chi connectivity index (χ1) is 10.7. The summed E-state index contributed by atoms with van der Waals surface area (Å²) in [7, 11) is -10.0. The minimum absolute atomic E-state index is 0. The third-order valence-corrected chi connectivity index (χ3v) is 5.53. The molecule has 11 heteroatoms. The van der Waals surface area contributed by atoms with Crippen molar-refractivity contribution in [2.45, 2.75) is 17.4 Å². The molecule has 2 aliphatic carbocycles. The third-order valence-electron chi connectivity index (χ3n) is 4.41. The lowest BCUT2D eigenvalue weighted by Gasteiger charge is -2.40. The van der Waals surface area contributed by atoms with Gasteiger partial charge in [-0.15, -0.1) is 12.4 Å². The van der Waals surface area contributed by atoms with Crippen molar-refractivity contribution in [3.8, 4) is 0 Å². The third kappa shape index (κ3) is 3.90. The molecule has 4 atom stereocenters. The van der Waals surface area contributed by atoms with Crippen LogP contribution in [0.25, 0.3) is 0 Å². The Morgan fingerprint density at radius 2 is 1.68 bits per heavy atom. The van der Waals surface area contributed by atoms with Crippen LogP contribution in [-0.2, 0) is 4.79 Å². The van der Waals surface area contributed by atoms with Crippen LogP contribution in [0.5, 0.6) is 0 Å². The minimum atomic E-state index is -10.0. The lowest BCUT2D eigenvalue weighted by Crippen LogP contribution is -2.41. The van der Waals surface area contributed by atoms with E-state index in [-0.39, 0.29) is 36.4 Å². The van der Waals surface area contributed by atoms with Gasteiger partial charge in [0.05, 0.1) is 5.92 Å². The van der Waals surface area contributed by atoms with Gasteiger partial charge in [-0.05, 0) is 36.5 Å². The van der Waals surface area contributed by atoms with E-state index in [2.05, 4.69) is 5.32 Å². The molecular weight excluding hydrogens is 394 g/mol. The molecule has 0 aromatic heterocycles. The van der Waals surface area contributed by atoms with Crippen LogP contribution in [0.15, 0.2) is 35.2 Å². The van der Waals surface area contributed by atoms with E-state index in [0.717, 1.165) is 0 Å². The maximum atomic E-state index is 13.4. The van der Waals surface area contributed by atoms with Gasteiger partial charge in [0.2, 0.25) is 5.91 Å². The standard InChI is InChI=1S/C14H14F6N2OS.ClH/c15-9-4-10(6-11(5-9)24(16,17,18,19)20)22-14(23)12-7-1-2-8(3-7)13(12)21;/h1-2,4-8,12-13H,3,21H2,(H,22,23);1H. The highest BCUT2D eigenvalue weighted by molar-refractivity contribution is 8.45. The zero-order valence-corrected chi connectivity index (χ0v) is 14.1. The minimum Gasteiger partial charge on any atom is -0.326 e. The van der Waals surface area contributed by atoms with Crippen LogP contribution in [-0.4, -0.2) is 11.9 Å². The molecule has 1 amide bonds. The molecule has 1 fully saturated rings. The van der Waals surface area contributed by atoms with Crippen LogP contribution in [0.2, 0.25) is 0 Å². The van der Waals surface area contributed by atoms with E-state index in [1.165, 1.54) is 0 Å². The normalized spacial score (nSPS) is 30.4. The van der Waals surface area contributed by atoms with Gasteiger partial charge in [0, 0.05) is 11.7 Å². The summed E-state index contributed by atoms with van der Waals surface area (Å²) in [6.45, 7) is 0. The lowest BCUT2D eigenvalue weighted by molar-refractivity contribution is -0.120. The fraction of sp³-hybridized carbons (Fsp3) is 0.357. The van der Waals surface area contributed by atoms with Crippen molar-refractivity contribution in [3.63, 3.8) is 0 Å². The molecule has 4 unspecified atom stereocenters. The molecule has 3 nitrogen and oxygen atoms in total. The van der Waals surface area contributed by atoms with Crippen LogP contribution in [0, 0.1) is 23.6 Å². The maximum absolute atomic E-state index is 13.4. The SMILES string of the molecule is Cl.NC1C2C=CC(C2)C1C(=O)Nc1cc(F)cc(S(F)(F)(F)(F)F)c1. The molecule has 3 rings (SSSR count). The number of halogens is 7. The van der Waals surface area contributed by atoms with Crippen LogP contribution in [0.1, 0.15) is 6.42 Å². The molecule has 0 radical (unpaired) electrons. The number of allylic oxidation sites excluding steroid dienone is 1. The van der Waals surface area contributed by atoms with Gasteiger partial charge in [-0.25, -0.2) is 4.39 Å². The van der Waals surface area contributed by atoms with Crippen molar-refractivity contribution in [1.82, 2.24) is 0 Å². The number of benzene rings is 1. The number of carbonyl (C=O) groups excluding carboxylic acids is 1. The lowest BCUT2D eigenvalue weighted by atomic mass is 9.88. The monoisotopic (exact) mass is 408 g/mol. The number of amides is 1. The summed E-state index contributed by atoms with van der Waals surface area (Å²) in [6.07, 6.45) is 4.32. The molecule has 2 aliphatic rings. The molecule has 0 spiro atoms. The van der Waals surface area contributed by atoms with Gasteiger partial charge in [0.15, 0.2) is 0 Å². The van der Waals surface area contributed by atoms with Crippen molar-refractivity contribution >= 4 is 34.2 Å². The molecule has 0 heterocycles. The van der Waals surface area contributed by atoms with E-state index in [1.807, 2.05) is 6.08 Å². The Labute approximate surface area is 145 Å². The Morgan fingerprint density at radius 3 is 2.20 bits per heavy atom. The fourth-order valence-electron chi connectivity index (χ4n) is 3.31. The van der Waals surface area contributed by atoms with Gasteiger partial charge in [0.1, 0.15) is 10.7 Å². The molecule has 3 N–H and O–H groups in total. The Hall–Kier alpha value is -1.39. The molecule has 1 aromatic carbocycles. The zero-order chi connectivity index (χ0) is 18.0. The second kappa shape index (κ2) is 5.31. The molecule has 0 aliphatic heterocycles. The Morgan fingerprint density at radius 1 is 1.08 bits per heavy atom. The van der Waals surface area contributed by atoms with Gasteiger partial charge < -0.3 is 11.1 Å². The fourth-order valence-corrected chi connectivity index (χ4v) is 4.00. The maximum Gasteiger partial charge on any atom is 0.310 e. The highest BCUT2D eigenvalue weighted by Gasteiger charge is 2.65. The average molecular weight is 409 g/mol. The zero-order valence-electron chi connectivity index (χ0n) is 12.5. The second-order valence-corrected chi connectivity index (χ2v) is 8.59. The predicted octanol–water partition coefficient (Wildman–Crippen LogP) is 4.99. The van der Waals surface area contributed by atoms with E-state index >= 15 is 0 Å². The summed E-state index contributed by atoms with van der Waals surface area (Å²) >= 11 is 0. The van der Waals surface area contributed by atoms with Gasteiger partial charge in [-0.1, -0.05) is 31.6 Å². The molecular formula is C14H15ClF6N2OS. The molecule has 25 heavy (non-hydrogen) atoms. The first-order valence-corrected chi connectivity index (χ1v) is 8.99. The van der Waals surface area contributed by atoms with E-state index in [9.17, 15) is 28.6 Å². The summed E-state index contributed by atoms with van der Waals surface area (Å²) < 4.78 is 77.5. The Balaban J connectivity index is 0.00000225. The number of nitrogens with two attached hydrogens (primary N) is 1. The highest BCUT2D eigenvalue weighted by Crippen LogP contribution is 3.02. The van der Waals surface area contributed by atoms with Crippen molar-refractivity contribution in [1.29, 1.82) is 0 Å². The van der Waals surface area contributed by atoms with Gasteiger partial charge in [-0.3, -0.25) is 4.79 Å². The molecule has 1 aromatic rings. The van der Waals surface area contributed by atoms with E-state index in [0.29, 0.717) is 12.5 Å². The first-order valence-electron chi connectivity index (χ1n) is 7.04. The largest absolute Gasteiger partial charge is 0.326 e. The predicted molar refractivity (Wildman–Crippen MR) is 85.9 cm³/mol. The van der Waals surface area contributed by atoms with Gasteiger partial charge in [0.25, 0.3) is 0 Å². The van der Waals surface area contributed by atoms with Crippen molar-refractivity contribution in [3.05, 3.63) is 36.2 Å². The summed E-state index contributed by atoms with van der Waals surface area (Å²) in [6, 6.07) is -0.205. The van der Waals surface area contributed by atoms with Gasteiger partial charge >= 0.3 is 10.2 Å². The molecule has 142 valence electrons. The number of hydrogen-bond donors (Lipinski definition) is 2. The summed E-state index contributed by atoms with van der Waals surface area (Å²) in [4.78, 5) is 9.85. The average Bonchev–Trinajstić information content (AvgIpc) is 2.95. The second-order valence-electron chi connectivity index (χ2n) is 6.19. The topological polar surface area (TPSA) is 55.1 Å². The molecule has 1 saturated carbocycles. The summed E-state index contributed by atoms with van der Waals surface area (Å²) in [5.74, 6) is -3.08. The number of nitrogens with one attached hydrogen (secondary N) is 1. The number of rotatable bonds is 3. The molecule has 0 saturated heterocycles. The quantitative estimate of drug-likeness (QED) is 0.546. The van der Waals surface area contributed by atoms with Crippen LogP contribution in [0.4, 0.5) is 29.5 Å². The smallest absolute Gasteiger partial charge is 0.310 e. The first kappa shape index (κ1) is 19.9. The summed E-state index contributed by atoms with van der Waals surface area (Å²) in [5.41, 5.74) is 5.23. The Kier molecular flexibility index (Phi) is 4.23. The molecule has 2 bridgehead atoms. The van der Waals surface area contributed by atoms with Crippen molar-refractivity contribution in [2.24, 2.45) is 23.5 Å². The number of fused-ring (bicyclic) bond motifs is 2. The highest BCUT2D eigenvalue weighted by atomic mass is 35.5. The summed E-state index contributed by atoms with van der Waals surface area (Å²) in [5, 5.41) is 2.08. The van der Waals surface area contributed by atoms with Crippen molar-refractivity contribution in [2.75, 3.05) is 5.32 Å². The van der Waals surface area contributed by atoms with Crippen LogP contribution in [0.3, 0.4) is 0 Å². The Bertz CT molecular complexity index is 754. The van der Waals surface area contributed by atoms with E-state index < -0.39 is 44.5 Å². The number of anilines is 1. The number of hydrogen-bond acceptors (Lipinski definition) is 2. The van der Waals surface area contributed by atoms with Crippen LogP contribution < -0.4 is 11.1 Å². The van der Waals surface area contributed by atoms with E-state index in [4.69, 9.17) is 5.73 Å². The van der Waals surface area contributed by atoms with Crippen molar-refractivity contribution < 1.29 is 28.6 Å². The number of carbonyl (C=O) groups is 1. The van der Waals surface area contributed by atoms with Crippen LogP contribution >= 0.6 is 22.6 Å². The van der Waals surface area contributed by atoms with Gasteiger partial charge in [-0.2, -0.15) is 0 Å². The van der Waals surface area contributed by atoms with E-state index in [1.54, 1.807) is 6.08 Å².